The third-order valence-electron chi connectivity index (χ3n) is 3.58. The first kappa shape index (κ1) is 9.91. The Labute approximate surface area is 96.1 Å². The lowest BCUT2D eigenvalue weighted by atomic mass is 10.0. The minimum absolute atomic E-state index is 0.993. The van der Waals surface area contributed by atoms with E-state index in [9.17, 15) is 0 Å². The number of aromatic amines is 1. The minimum atomic E-state index is 0.993. The zero-order chi connectivity index (χ0) is 11.0. The van der Waals surface area contributed by atoms with Crippen LogP contribution in [0.25, 0.3) is 10.9 Å². The molecular weight excluding hydrogens is 196 g/mol. The highest BCUT2D eigenvalue weighted by Crippen LogP contribution is 2.27. The van der Waals surface area contributed by atoms with Gasteiger partial charge in [-0.1, -0.05) is 25.1 Å². The maximum atomic E-state index is 3.61. The van der Waals surface area contributed by atoms with Crippen LogP contribution in [-0.4, -0.2) is 11.5 Å². The molecule has 0 saturated heterocycles. The quantitative estimate of drug-likeness (QED) is 0.750. The van der Waals surface area contributed by atoms with E-state index in [0.29, 0.717) is 0 Å². The van der Waals surface area contributed by atoms with Crippen molar-refractivity contribution in [1.29, 1.82) is 0 Å². The first-order chi connectivity index (χ1) is 7.90. The average Bonchev–Trinajstić information content (AvgIpc) is 2.52. The van der Waals surface area contributed by atoms with Gasteiger partial charge < -0.3 is 10.3 Å². The number of para-hydroxylation sites is 1. The van der Waals surface area contributed by atoms with Crippen molar-refractivity contribution in [3.8, 4) is 0 Å². The maximum Gasteiger partial charge on any atom is 0.0491 e. The standard InChI is InChI=1S/C14H18N2/c1-2-10-5-3-6-12-11-7-4-8-15-9-13(11)16-14(10)12/h3,5-6,15-16H,2,4,7-9H2,1H3. The van der Waals surface area contributed by atoms with Crippen molar-refractivity contribution >= 4 is 10.9 Å². The number of hydrogen-bond donors (Lipinski definition) is 2. The Morgan fingerprint density at radius 2 is 2.25 bits per heavy atom. The van der Waals surface area contributed by atoms with E-state index >= 15 is 0 Å². The van der Waals surface area contributed by atoms with Gasteiger partial charge in [-0.3, -0.25) is 0 Å². The number of aromatic nitrogens is 1. The normalized spacial score (nSPS) is 16.1. The lowest BCUT2D eigenvalue weighted by Crippen LogP contribution is -2.12. The van der Waals surface area contributed by atoms with Crippen molar-refractivity contribution in [1.82, 2.24) is 10.3 Å². The van der Waals surface area contributed by atoms with Crippen LogP contribution in [0.3, 0.4) is 0 Å². The van der Waals surface area contributed by atoms with Crippen LogP contribution in [0.2, 0.25) is 0 Å². The van der Waals surface area contributed by atoms with Gasteiger partial charge in [-0.2, -0.15) is 0 Å². The molecule has 0 fully saturated rings. The predicted molar refractivity (Wildman–Crippen MR) is 67.7 cm³/mol. The van der Waals surface area contributed by atoms with E-state index in [4.69, 9.17) is 0 Å². The molecule has 16 heavy (non-hydrogen) atoms. The molecule has 0 spiro atoms. The molecule has 2 N–H and O–H groups in total. The number of aryl methyl sites for hydroxylation is 2. The molecule has 2 heterocycles. The molecule has 0 radical (unpaired) electrons. The molecule has 0 amide bonds. The number of benzene rings is 1. The van der Waals surface area contributed by atoms with Gasteiger partial charge in [0.1, 0.15) is 0 Å². The fraction of sp³-hybridized carbons (Fsp3) is 0.429. The van der Waals surface area contributed by atoms with Crippen molar-refractivity contribution in [2.75, 3.05) is 6.54 Å². The summed E-state index contributed by atoms with van der Waals surface area (Å²) in [5.41, 5.74) is 5.73. The van der Waals surface area contributed by atoms with Crippen LogP contribution in [-0.2, 0) is 19.4 Å². The Hall–Kier alpha value is -1.28. The van der Waals surface area contributed by atoms with Crippen LogP contribution in [0.1, 0.15) is 30.2 Å². The summed E-state index contributed by atoms with van der Waals surface area (Å²) in [6.07, 6.45) is 3.55. The summed E-state index contributed by atoms with van der Waals surface area (Å²) in [6.45, 7) is 4.35. The summed E-state index contributed by atoms with van der Waals surface area (Å²) in [4.78, 5) is 3.61. The summed E-state index contributed by atoms with van der Waals surface area (Å²) in [7, 11) is 0. The fourth-order valence-electron chi connectivity index (χ4n) is 2.72. The van der Waals surface area contributed by atoms with Crippen molar-refractivity contribution in [2.45, 2.75) is 32.7 Å². The Morgan fingerprint density at radius 1 is 1.31 bits per heavy atom. The van der Waals surface area contributed by atoms with Crippen molar-refractivity contribution < 1.29 is 0 Å². The molecule has 0 atom stereocenters. The lowest BCUT2D eigenvalue weighted by molar-refractivity contribution is 0.675. The first-order valence-corrected chi connectivity index (χ1v) is 6.22. The maximum absolute atomic E-state index is 3.61. The molecule has 1 aromatic heterocycles. The summed E-state index contributed by atoms with van der Waals surface area (Å²) in [5, 5.41) is 4.91. The topological polar surface area (TPSA) is 27.8 Å². The average molecular weight is 214 g/mol. The van der Waals surface area contributed by atoms with Gasteiger partial charge in [0.15, 0.2) is 0 Å². The SMILES string of the molecule is CCc1cccc2c3c([nH]c12)CNCCC3. The number of fused-ring (bicyclic) bond motifs is 3. The summed E-state index contributed by atoms with van der Waals surface area (Å²) < 4.78 is 0. The molecule has 0 aliphatic carbocycles. The van der Waals surface area contributed by atoms with Gasteiger partial charge in [-0.05, 0) is 36.9 Å². The molecule has 1 aliphatic heterocycles. The molecule has 3 rings (SSSR count). The van der Waals surface area contributed by atoms with Crippen LogP contribution in [0, 0.1) is 0 Å². The number of rotatable bonds is 1. The van der Waals surface area contributed by atoms with E-state index < -0.39 is 0 Å². The van der Waals surface area contributed by atoms with E-state index in [1.54, 1.807) is 0 Å². The van der Waals surface area contributed by atoms with Crippen LogP contribution in [0.4, 0.5) is 0 Å². The highest BCUT2D eigenvalue weighted by molar-refractivity contribution is 5.87. The number of hydrogen-bond acceptors (Lipinski definition) is 1. The Bertz CT molecular complexity index is 511. The second-order valence-corrected chi connectivity index (χ2v) is 4.56. The molecule has 0 unspecified atom stereocenters. The van der Waals surface area contributed by atoms with Crippen molar-refractivity contribution in [3.05, 3.63) is 35.0 Å². The van der Waals surface area contributed by atoms with Crippen LogP contribution >= 0.6 is 0 Å². The summed E-state index contributed by atoms with van der Waals surface area (Å²) in [5.74, 6) is 0. The molecule has 1 aliphatic rings. The molecule has 0 saturated carbocycles. The second kappa shape index (κ2) is 3.95. The number of H-pyrrole nitrogens is 1. The zero-order valence-corrected chi connectivity index (χ0v) is 9.77. The fourth-order valence-corrected chi connectivity index (χ4v) is 2.72. The third-order valence-corrected chi connectivity index (χ3v) is 3.58. The molecule has 2 heteroatoms. The third kappa shape index (κ3) is 1.45. The van der Waals surface area contributed by atoms with Crippen LogP contribution < -0.4 is 5.32 Å². The molecule has 2 nitrogen and oxygen atoms in total. The predicted octanol–water partition coefficient (Wildman–Crippen LogP) is 2.77. The lowest BCUT2D eigenvalue weighted by Gasteiger charge is -2.00. The Balaban J connectivity index is 2.24. The van der Waals surface area contributed by atoms with Gasteiger partial charge in [0.05, 0.1) is 0 Å². The van der Waals surface area contributed by atoms with Gasteiger partial charge in [0, 0.05) is 23.1 Å². The van der Waals surface area contributed by atoms with Crippen molar-refractivity contribution in [3.63, 3.8) is 0 Å². The Morgan fingerprint density at radius 3 is 3.12 bits per heavy atom. The summed E-state index contributed by atoms with van der Waals surface area (Å²) >= 11 is 0. The number of nitrogens with one attached hydrogen (secondary N) is 2. The highest BCUT2D eigenvalue weighted by atomic mass is 14.9. The van der Waals surface area contributed by atoms with Gasteiger partial charge in [-0.25, -0.2) is 0 Å². The van der Waals surface area contributed by atoms with Gasteiger partial charge in [0.2, 0.25) is 0 Å². The highest BCUT2D eigenvalue weighted by Gasteiger charge is 2.14. The van der Waals surface area contributed by atoms with Crippen LogP contribution in [0.15, 0.2) is 18.2 Å². The van der Waals surface area contributed by atoms with E-state index in [2.05, 4.69) is 35.4 Å². The molecule has 84 valence electrons. The van der Waals surface area contributed by atoms with Gasteiger partial charge in [-0.15, -0.1) is 0 Å². The van der Waals surface area contributed by atoms with Gasteiger partial charge in [0.25, 0.3) is 0 Å². The Kier molecular flexibility index (Phi) is 2.44. The minimum Gasteiger partial charge on any atom is -0.357 e. The van der Waals surface area contributed by atoms with Crippen molar-refractivity contribution in [2.24, 2.45) is 0 Å². The van der Waals surface area contributed by atoms with Gasteiger partial charge >= 0.3 is 0 Å². The zero-order valence-electron chi connectivity index (χ0n) is 9.77. The molecule has 1 aromatic carbocycles. The monoisotopic (exact) mass is 214 g/mol. The van der Waals surface area contributed by atoms with E-state index in [0.717, 1.165) is 19.5 Å². The summed E-state index contributed by atoms with van der Waals surface area (Å²) in [6, 6.07) is 6.67. The van der Waals surface area contributed by atoms with Crippen LogP contribution in [0.5, 0.6) is 0 Å². The molecule has 2 aromatic rings. The van der Waals surface area contributed by atoms with E-state index in [1.165, 1.54) is 40.6 Å². The molecular formula is C14H18N2. The van der Waals surface area contributed by atoms with E-state index in [-0.39, 0.29) is 0 Å². The second-order valence-electron chi connectivity index (χ2n) is 4.56. The largest absolute Gasteiger partial charge is 0.357 e. The smallest absolute Gasteiger partial charge is 0.0491 e. The first-order valence-electron chi connectivity index (χ1n) is 6.22. The van der Waals surface area contributed by atoms with E-state index in [1.807, 2.05) is 0 Å². The molecule has 0 bridgehead atoms.